The maximum absolute atomic E-state index is 5.21. The number of anilines is 1. The lowest BCUT2D eigenvalue weighted by Gasteiger charge is -2.25. The van der Waals surface area contributed by atoms with Crippen LogP contribution in [0.5, 0.6) is 0 Å². The predicted octanol–water partition coefficient (Wildman–Crippen LogP) is 2.88. The van der Waals surface area contributed by atoms with E-state index in [1.165, 1.54) is 0 Å². The number of nitrogens with zero attached hydrogens (tertiary/aromatic N) is 3. The molecule has 0 amide bonds. The Bertz CT molecular complexity index is 580. The van der Waals surface area contributed by atoms with Crippen LogP contribution in [0, 0.1) is 0 Å². The Hall–Kier alpha value is -1.24. The molecule has 21 heavy (non-hydrogen) atoms. The quantitative estimate of drug-likeness (QED) is 0.683. The Labute approximate surface area is 133 Å². The molecule has 2 aromatic rings. The molecule has 0 aliphatic rings. The fourth-order valence-corrected chi connectivity index (χ4v) is 2.52. The van der Waals surface area contributed by atoms with Gasteiger partial charge in [0.1, 0.15) is 5.52 Å². The third-order valence-corrected chi connectivity index (χ3v) is 3.64. The number of methoxy groups -OCH3 is 2. The van der Waals surface area contributed by atoms with E-state index in [0.29, 0.717) is 6.61 Å². The Morgan fingerprint density at radius 3 is 2.71 bits per heavy atom. The van der Waals surface area contributed by atoms with E-state index in [9.17, 15) is 0 Å². The monoisotopic (exact) mass is 353 g/mol. The fraction of sp³-hybridized carbons (Fsp3) is 0.467. The van der Waals surface area contributed by atoms with Crippen LogP contribution >= 0.6 is 15.9 Å². The van der Waals surface area contributed by atoms with Gasteiger partial charge in [0.25, 0.3) is 0 Å². The molecule has 6 heteroatoms. The third-order valence-electron chi connectivity index (χ3n) is 3.21. The zero-order valence-electron chi connectivity index (χ0n) is 12.4. The van der Waals surface area contributed by atoms with Crippen molar-refractivity contribution >= 4 is 32.7 Å². The second-order valence-electron chi connectivity index (χ2n) is 4.68. The van der Waals surface area contributed by atoms with Gasteiger partial charge >= 0.3 is 0 Å². The highest BCUT2D eigenvalue weighted by Crippen LogP contribution is 2.25. The summed E-state index contributed by atoms with van der Waals surface area (Å²) in [6, 6.07) is 3.99. The van der Waals surface area contributed by atoms with Crippen molar-refractivity contribution < 1.29 is 9.47 Å². The van der Waals surface area contributed by atoms with Crippen LogP contribution in [0.25, 0.3) is 11.0 Å². The number of pyridine rings is 2. The number of ether oxygens (including phenoxy) is 2. The minimum absolute atomic E-state index is 0.674. The number of halogens is 1. The second-order valence-corrected chi connectivity index (χ2v) is 5.59. The molecule has 0 fully saturated rings. The van der Waals surface area contributed by atoms with Gasteiger partial charge in [-0.25, -0.2) is 0 Å². The second kappa shape index (κ2) is 8.26. The number of hydrogen-bond donors (Lipinski definition) is 0. The van der Waals surface area contributed by atoms with Crippen LogP contribution in [-0.2, 0) is 9.47 Å². The molecule has 2 rings (SSSR count). The van der Waals surface area contributed by atoms with E-state index in [1.807, 2.05) is 18.3 Å². The Kier molecular flexibility index (Phi) is 6.35. The summed E-state index contributed by atoms with van der Waals surface area (Å²) >= 11 is 3.43. The summed E-state index contributed by atoms with van der Waals surface area (Å²) < 4.78 is 11.3. The zero-order chi connectivity index (χ0) is 15.1. The number of rotatable bonds is 8. The lowest BCUT2D eigenvalue weighted by Crippen LogP contribution is -2.29. The molecular weight excluding hydrogens is 334 g/mol. The molecule has 0 unspecified atom stereocenters. The van der Waals surface area contributed by atoms with E-state index in [4.69, 9.17) is 9.47 Å². The summed E-state index contributed by atoms with van der Waals surface area (Å²) in [5.41, 5.74) is 2.88. The van der Waals surface area contributed by atoms with E-state index < -0.39 is 0 Å². The van der Waals surface area contributed by atoms with Crippen LogP contribution in [0.4, 0.5) is 5.69 Å². The standard InChI is InChI=1S/C15H20BrN3O2/c1-20-8-3-6-19(7-9-21-2)14-4-5-17-13-10-12(16)11-18-15(13)14/h4-5,10-11H,3,6-9H2,1-2H3. The molecule has 0 saturated heterocycles. The largest absolute Gasteiger partial charge is 0.385 e. The van der Waals surface area contributed by atoms with E-state index in [-0.39, 0.29) is 0 Å². The summed E-state index contributed by atoms with van der Waals surface area (Å²) in [4.78, 5) is 11.2. The predicted molar refractivity (Wildman–Crippen MR) is 87.8 cm³/mol. The highest BCUT2D eigenvalue weighted by atomic mass is 79.9. The molecular formula is C15H20BrN3O2. The van der Waals surface area contributed by atoms with Crippen LogP contribution in [0.2, 0.25) is 0 Å². The minimum Gasteiger partial charge on any atom is -0.385 e. The van der Waals surface area contributed by atoms with E-state index >= 15 is 0 Å². The first-order valence-corrected chi connectivity index (χ1v) is 7.68. The van der Waals surface area contributed by atoms with Crippen molar-refractivity contribution in [2.75, 3.05) is 45.4 Å². The first-order chi connectivity index (χ1) is 10.3. The maximum atomic E-state index is 5.21. The van der Waals surface area contributed by atoms with Gasteiger partial charge in [-0.15, -0.1) is 0 Å². The molecule has 2 heterocycles. The fourth-order valence-electron chi connectivity index (χ4n) is 2.20. The molecule has 0 aliphatic carbocycles. The van der Waals surface area contributed by atoms with Crippen molar-refractivity contribution in [2.24, 2.45) is 0 Å². The number of aromatic nitrogens is 2. The first-order valence-electron chi connectivity index (χ1n) is 6.89. The van der Waals surface area contributed by atoms with Gasteiger partial charge in [-0.05, 0) is 34.5 Å². The molecule has 0 N–H and O–H groups in total. The molecule has 0 aliphatic heterocycles. The highest BCUT2D eigenvalue weighted by Gasteiger charge is 2.12. The van der Waals surface area contributed by atoms with Gasteiger partial charge in [0.05, 0.1) is 17.8 Å². The van der Waals surface area contributed by atoms with Gasteiger partial charge in [0.15, 0.2) is 0 Å². The molecule has 0 aromatic carbocycles. The summed E-state index contributed by atoms with van der Waals surface area (Å²) in [5, 5.41) is 0. The van der Waals surface area contributed by atoms with Crippen molar-refractivity contribution in [3.05, 3.63) is 29.0 Å². The third kappa shape index (κ3) is 4.36. The van der Waals surface area contributed by atoms with E-state index in [0.717, 1.165) is 47.3 Å². The maximum Gasteiger partial charge on any atom is 0.112 e. The minimum atomic E-state index is 0.674. The SMILES string of the molecule is COCCCN(CCOC)c1ccnc2cc(Br)cnc12. The van der Waals surface area contributed by atoms with Gasteiger partial charge < -0.3 is 14.4 Å². The van der Waals surface area contributed by atoms with Crippen LogP contribution < -0.4 is 4.90 Å². The van der Waals surface area contributed by atoms with Crippen LogP contribution in [0.3, 0.4) is 0 Å². The lowest BCUT2D eigenvalue weighted by molar-refractivity contribution is 0.191. The smallest absolute Gasteiger partial charge is 0.112 e. The van der Waals surface area contributed by atoms with Crippen LogP contribution in [0.15, 0.2) is 29.0 Å². The summed E-state index contributed by atoms with van der Waals surface area (Å²) in [6.45, 7) is 3.13. The average Bonchev–Trinajstić information content (AvgIpc) is 2.50. The van der Waals surface area contributed by atoms with Crippen molar-refractivity contribution in [3.63, 3.8) is 0 Å². The van der Waals surface area contributed by atoms with Crippen LogP contribution in [0.1, 0.15) is 6.42 Å². The molecule has 2 aromatic heterocycles. The number of fused-ring (bicyclic) bond motifs is 1. The molecule has 0 spiro atoms. The van der Waals surface area contributed by atoms with Crippen LogP contribution in [-0.4, -0.2) is 50.5 Å². The van der Waals surface area contributed by atoms with Gasteiger partial charge in [-0.2, -0.15) is 0 Å². The van der Waals surface area contributed by atoms with Gasteiger partial charge in [-0.1, -0.05) is 0 Å². The van der Waals surface area contributed by atoms with Crippen molar-refractivity contribution in [1.82, 2.24) is 9.97 Å². The molecule has 0 radical (unpaired) electrons. The van der Waals surface area contributed by atoms with E-state index in [1.54, 1.807) is 20.4 Å². The first kappa shape index (κ1) is 16.1. The lowest BCUT2D eigenvalue weighted by atomic mass is 10.2. The molecule has 0 atom stereocenters. The molecule has 0 bridgehead atoms. The Balaban J connectivity index is 2.29. The van der Waals surface area contributed by atoms with Gasteiger partial charge in [0, 0.05) is 50.8 Å². The van der Waals surface area contributed by atoms with Gasteiger partial charge in [-0.3, -0.25) is 9.97 Å². The van der Waals surface area contributed by atoms with Crippen molar-refractivity contribution in [3.8, 4) is 0 Å². The normalized spacial score (nSPS) is 11.0. The van der Waals surface area contributed by atoms with E-state index in [2.05, 4.69) is 30.8 Å². The zero-order valence-corrected chi connectivity index (χ0v) is 14.0. The van der Waals surface area contributed by atoms with Crippen molar-refractivity contribution in [2.45, 2.75) is 6.42 Å². The Morgan fingerprint density at radius 2 is 1.95 bits per heavy atom. The average molecular weight is 354 g/mol. The topological polar surface area (TPSA) is 47.5 Å². The highest BCUT2D eigenvalue weighted by molar-refractivity contribution is 9.10. The molecule has 114 valence electrons. The van der Waals surface area contributed by atoms with Crippen molar-refractivity contribution in [1.29, 1.82) is 0 Å². The number of hydrogen-bond acceptors (Lipinski definition) is 5. The summed E-state index contributed by atoms with van der Waals surface area (Å²) in [7, 11) is 3.44. The van der Waals surface area contributed by atoms with Gasteiger partial charge in [0.2, 0.25) is 0 Å². The summed E-state index contributed by atoms with van der Waals surface area (Å²) in [5.74, 6) is 0. The Morgan fingerprint density at radius 1 is 1.14 bits per heavy atom. The molecule has 5 nitrogen and oxygen atoms in total. The molecule has 0 saturated carbocycles. The summed E-state index contributed by atoms with van der Waals surface area (Å²) in [6.07, 6.45) is 4.58.